The third-order valence-corrected chi connectivity index (χ3v) is 2.07. The Morgan fingerprint density at radius 3 is 2.69 bits per heavy atom. The average Bonchev–Trinajstić information content (AvgIpc) is 2.30. The summed E-state index contributed by atoms with van der Waals surface area (Å²) < 4.78 is 0. The standard InChI is InChI=1S/C11H18N4O/c1-3-5-8-13-11(16)9-6-7-10(12-4-2)15-14-9/h6-7H,3-5,8H2,1-2H3,(H,12,15)(H,13,16). The van der Waals surface area contributed by atoms with E-state index in [1.54, 1.807) is 12.1 Å². The number of hydrogen-bond acceptors (Lipinski definition) is 4. The maximum absolute atomic E-state index is 11.6. The van der Waals surface area contributed by atoms with Crippen LogP contribution in [0.4, 0.5) is 5.82 Å². The summed E-state index contributed by atoms with van der Waals surface area (Å²) in [5, 5.41) is 13.6. The van der Waals surface area contributed by atoms with Gasteiger partial charge >= 0.3 is 0 Å². The predicted octanol–water partition coefficient (Wildman–Crippen LogP) is 1.44. The second-order valence-electron chi connectivity index (χ2n) is 3.44. The van der Waals surface area contributed by atoms with Crippen molar-refractivity contribution in [3.05, 3.63) is 17.8 Å². The maximum Gasteiger partial charge on any atom is 0.271 e. The van der Waals surface area contributed by atoms with Crippen molar-refractivity contribution in [1.29, 1.82) is 0 Å². The number of nitrogens with zero attached hydrogens (tertiary/aromatic N) is 2. The first-order chi connectivity index (χ1) is 7.77. The lowest BCUT2D eigenvalue weighted by molar-refractivity contribution is 0.0947. The number of nitrogens with one attached hydrogen (secondary N) is 2. The quantitative estimate of drug-likeness (QED) is 0.715. The van der Waals surface area contributed by atoms with Crippen LogP contribution in [0, 0.1) is 0 Å². The van der Waals surface area contributed by atoms with Crippen LogP contribution in [-0.2, 0) is 0 Å². The summed E-state index contributed by atoms with van der Waals surface area (Å²) in [4.78, 5) is 11.6. The Bertz CT molecular complexity index is 323. The van der Waals surface area contributed by atoms with Gasteiger partial charge in [0.25, 0.3) is 5.91 Å². The summed E-state index contributed by atoms with van der Waals surface area (Å²) >= 11 is 0. The molecule has 1 aromatic rings. The number of amides is 1. The van der Waals surface area contributed by atoms with E-state index >= 15 is 0 Å². The Balaban J connectivity index is 2.49. The fraction of sp³-hybridized carbons (Fsp3) is 0.545. The van der Waals surface area contributed by atoms with Gasteiger partial charge in [0.05, 0.1) is 0 Å². The molecule has 0 unspecified atom stereocenters. The van der Waals surface area contributed by atoms with Gasteiger partial charge in [-0.25, -0.2) is 0 Å². The molecule has 0 aliphatic rings. The second-order valence-corrected chi connectivity index (χ2v) is 3.44. The van der Waals surface area contributed by atoms with Crippen LogP contribution in [0.1, 0.15) is 37.2 Å². The first kappa shape index (κ1) is 12.4. The normalized spacial score (nSPS) is 9.88. The molecule has 1 aromatic heterocycles. The molecule has 0 saturated carbocycles. The van der Waals surface area contributed by atoms with Gasteiger partial charge in [0.1, 0.15) is 5.82 Å². The van der Waals surface area contributed by atoms with E-state index in [1.165, 1.54) is 0 Å². The van der Waals surface area contributed by atoms with Crippen LogP contribution in [0.15, 0.2) is 12.1 Å². The van der Waals surface area contributed by atoms with E-state index in [4.69, 9.17) is 0 Å². The number of unbranched alkanes of at least 4 members (excludes halogenated alkanes) is 1. The smallest absolute Gasteiger partial charge is 0.271 e. The molecular formula is C11H18N4O. The molecule has 0 saturated heterocycles. The molecule has 2 N–H and O–H groups in total. The molecule has 0 radical (unpaired) electrons. The summed E-state index contributed by atoms with van der Waals surface area (Å²) in [6.45, 7) is 5.53. The van der Waals surface area contributed by atoms with Gasteiger partial charge in [-0.2, -0.15) is 0 Å². The average molecular weight is 222 g/mol. The lowest BCUT2D eigenvalue weighted by atomic mass is 10.3. The first-order valence-electron chi connectivity index (χ1n) is 5.63. The lowest BCUT2D eigenvalue weighted by Gasteiger charge is -2.04. The molecule has 5 nitrogen and oxygen atoms in total. The summed E-state index contributed by atoms with van der Waals surface area (Å²) in [6.07, 6.45) is 2.04. The van der Waals surface area contributed by atoms with Crippen molar-refractivity contribution in [2.45, 2.75) is 26.7 Å². The highest BCUT2D eigenvalue weighted by atomic mass is 16.1. The fourth-order valence-electron chi connectivity index (χ4n) is 1.20. The van der Waals surface area contributed by atoms with E-state index < -0.39 is 0 Å². The van der Waals surface area contributed by atoms with Crippen LogP contribution in [0.5, 0.6) is 0 Å². The van der Waals surface area contributed by atoms with Gasteiger partial charge in [-0.3, -0.25) is 4.79 Å². The SMILES string of the molecule is CCCCNC(=O)c1ccc(NCC)nn1. The molecule has 0 aliphatic heterocycles. The molecule has 0 bridgehead atoms. The zero-order chi connectivity index (χ0) is 11.8. The summed E-state index contributed by atoms with van der Waals surface area (Å²) in [6, 6.07) is 3.43. The van der Waals surface area contributed by atoms with E-state index in [-0.39, 0.29) is 5.91 Å². The van der Waals surface area contributed by atoms with E-state index in [0.717, 1.165) is 19.4 Å². The third-order valence-electron chi connectivity index (χ3n) is 2.07. The molecular weight excluding hydrogens is 204 g/mol. The minimum atomic E-state index is -0.163. The minimum absolute atomic E-state index is 0.163. The molecule has 16 heavy (non-hydrogen) atoms. The van der Waals surface area contributed by atoms with Gasteiger partial charge in [0, 0.05) is 13.1 Å². The van der Waals surface area contributed by atoms with Crippen LogP contribution in [-0.4, -0.2) is 29.2 Å². The number of aromatic nitrogens is 2. The highest BCUT2D eigenvalue weighted by Crippen LogP contribution is 2.01. The molecule has 88 valence electrons. The largest absolute Gasteiger partial charge is 0.369 e. The molecule has 5 heteroatoms. The molecule has 1 rings (SSSR count). The zero-order valence-corrected chi connectivity index (χ0v) is 9.79. The molecule has 0 aromatic carbocycles. The summed E-state index contributed by atoms with van der Waals surface area (Å²) in [7, 11) is 0. The summed E-state index contributed by atoms with van der Waals surface area (Å²) in [5.74, 6) is 0.525. The molecule has 0 atom stereocenters. The van der Waals surface area contributed by atoms with Crippen LogP contribution in [0.3, 0.4) is 0 Å². The van der Waals surface area contributed by atoms with Crippen LogP contribution in [0.25, 0.3) is 0 Å². The fourth-order valence-corrected chi connectivity index (χ4v) is 1.20. The van der Waals surface area contributed by atoms with Crippen molar-refractivity contribution in [1.82, 2.24) is 15.5 Å². The van der Waals surface area contributed by atoms with Crippen molar-refractivity contribution in [2.24, 2.45) is 0 Å². The molecule has 0 spiro atoms. The van der Waals surface area contributed by atoms with Crippen molar-refractivity contribution >= 4 is 11.7 Å². The number of anilines is 1. The molecule has 0 aliphatic carbocycles. The first-order valence-corrected chi connectivity index (χ1v) is 5.63. The zero-order valence-electron chi connectivity index (χ0n) is 9.79. The Kier molecular flexibility index (Phi) is 5.25. The number of rotatable bonds is 6. The second kappa shape index (κ2) is 6.76. The van der Waals surface area contributed by atoms with Crippen molar-refractivity contribution in [3.8, 4) is 0 Å². The Morgan fingerprint density at radius 1 is 1.31 bits per heavy atom. The van der Waals surface area contributed by atoms with E-state index in [9.17, 15) is 4.79 Å². The van der Waals surface area contributed by atoms with Crippen LogP contribution in [0.2, 0.25) is 0 Å². The monoisotopic (exact) mass is 222 g/mol. The number of carbonyl (C=O) groups is 1. The van der Waals surface area contributed by atoms with Gasteiger partial charge < -0.3 is 10.6 Å². The molecule has 1 heterocycles. The Labute approximate surface area is 95.7 Å². The van der Waals surface area contributed by atoms with Gasteiger partial charge in [-0.05, 0) is 25.5 Å². The van der Waals surface area contributed by atoms with Crippen LogP contribution >= 0.6 is 0 Å². The van der Waals surface area contributed by atoms with E-state index in [0.29, 0.717) is 18.1 Å². The van der Waals surface area contributed by atoms with Crippen molar-refractivity contribution < 1.29 is 4.79 Å². The van der Waals surface area contributed by atoms with Gasteiger partial charge in [-0.15, -0.1) is 10.2 Å². The van der Waals surface area contributed by atoms with Crippen LogP contribution < -0.4 is 10.6 Å². The number of hydrogen-bond donors (Lipinski definition) is 2. The third kappa shape index (κ3) is 3.84. The highest BCUT2D eigenvalue weighted by molar-refractivity contribution is 5.92. The predicted molar refractivity (Wildman–Crippen MR) is 63.4 cm³/mol. The van der Waals surface area contributed by atoms with Gasteiger partial charge in [0.2, 0.25) is 0 Å². The van der Waals surface area contributed by atoms with Crippen molar-refractivity contribution in [3.63, 3.8) is 0 Å². The maximum atomic E-state index is 11.6. The van der Waals surface area contributed by atoms with E-state index in [1.807, 2.05) is 6.92 Å². The van der Waals surface area contributed by atoms with Crippen molar-refractivity contribution in [2.75, 3.05) is 18.4 Å². The minimum Gasteiger partial charge on any atom is -0.369 e. The van der Waals surface area contributed by atoms with Gasteiger partial charge in [-0.1, -0.05) is 13.3 Å². The lowest BCUT2D eigenvalue weighted by Crippen LogP contribution is -2.25. The van der Waals surface area contributed by atoms with E-state index in [2.05, 4.69) is 27.8 Å². The topological polar surface area (TPSA) is 66.9 Å². The molecule has 0 fully saturated rings. The Morgan fingerprint density at radius 2 is 2.12 bits per heavy atom. The van der Waals surface area contributed by atoms with Gasteiger partial charge in [0.15, 0.2) is 5.69 Å². The highest BCUT2D eigenvalue weighted by Gasteiger charge is 2.06. The summed E-state index contributed by atoms with van der Waals surface area (Å²) in [5.41, 5.74) is 0.359. The number of carbonyl (C=O) groups excluding carboxylic acids is 1. The Hall–Kier alpha value is -1.65. The molecule has 1 amide bonds.